The Morgan fingerprint density at radius 3 is 2.82 bits per heavy atom. The van der Waals surface area contributed by atoms with Crippen molar-refractivity contribution in [1.82, 2.24) is 0 Å². The molecule has 0 saturated carbocycles. The lowest BCUT2D eigenvalue weighted by molar-refractivity contribution is 0.0973. The van der Waals surface area contributed by atoms with Gasteiger partial charge in [0, 0.05) is 12.0 Å². The first-order chi connectivity index (χ1) is 8.00. The zero-order valence-corrected chi connectivity index (χ0v) is 9.89. The number of carbonyl (C=O) groups is 2. The molecule has 1 N–H and O–H groups in total. The number of ketones is 1. The summed E-state index contributed by atoms with van der Waals surface area (Å²) >= 11 is 0. The van der Waals surface area contributed by atoms with E-state index in [-0.39, 0.29) is 17.4 Å². The van der Waals surface area contributed by atoms with Crippen molar-refractivity contribution in [3.05, 3.63) is 28.6 Å². The van der Waals surface area contributed by atoms with Gasteiger partial charge in [0.1, 0.15) is 5.82 Å². The first-order valence-electron chi connectivity index (χ1n) is 5.63. The minimum absolute atomic E-state index is 0.0156. The molecule has 1 aromatic rings. The standard InChI is InChI=1S/C12H13BFNO2/c1-6-7-3-2-4-10(16)11(7)9(5-8(6)14)15-12(13)17/h5H,2-4,13H2,1H3,(H,15,17). The summed E-state index contributed by atoms with van der Waals surface area (Å²) in [5.74, 6) is -0.686. The predicted octanol–water partition coefficient (Wildman–Crippen LogP) is 1.82. The Labute approximate surface area is 99.8 Å². The zero-order valence-electron chi connectivity index (χ0n) is 9.89. The average Bonchev–Trinajstić information content (AvgIpc) is 2.24. The highest BCUT2D eigenvalue weighted by molar-refractivity contribution is 6.60. The SMILES string of the molecule is BC(=O)Nc1cc(F)c(C)c2c1C(=O)CCC2. The number of nitrogens with one attached hydrogen (secondary N) is 1. The number of fused-ring (bicyclic) bond motifs is 1. The fourth-order valence-electron chi connectivity index (χ4n) is 2.27. The van der Waals surface area contributed by atoms with Crippen LogP contribution in [0.2, 0.25) is 0 Å². The summed E-state index contributed by atoms with van der Waals surface area (Å²) in [6.07, 6.45) is 1.90. The number of hydrogen-bond donors (Lipinski definition) is 1. The minimum atomic E-state index is -0.373. The van der Waals surface area contributed by atoms with Crippen LogP contribution < -0.4 is 5.32 Å². The summed E-state index contributed by atoms with van der Waals surface area (Å²) in [5.41, 5.74) is 2.05. The predicted molar refractivity (Wildman–Crippen MR) is 66.0 cm³/mol. The summed E-state index contributed by atoms with van der Waals surface area (Å²) in [6, 6.07) is 1.23. The maximum absolute atomic E-state index is 13.7. The number of hydrogen-bond acceptors (Lipinski definition) is 2. The van der Waals surface area contributed by atoms with E-state index in [0.29, 0.717) is 29.7 Å². The zero-order chi connectivity index (χ0) is 12.6. The van der Waals surface area contributed by atoms with Crippen LogP contribution >= 0.6 is 0 Å². The van der Waals surface area contributed by atoms with Gasteiger partial charge in [0.05, 0.1) is 5.69 Å². The van der Waals surface area contributed by atoms with Crippen molar-refractivity contribution in [2.24, 2.45) is 0 Å². The highest BCUT2D eigenvalue weighted by Gasteiger charge is 2.24. The van der Waals surface area contributed by atoms with Crippen molar-refractivity contribution in [3.8, 4) is 0 Å². The summed E-state index contributed by atoms with van der Waals surface area (Å²) in [7, 11) is 1.34. The monoisotopic (exact) mass is 233 g/mol. The Morgan fingerprint density at radius 2 is 2.18 bits per heavy atom. The molecule has 0 heterocycles. The third-order valence-corrected chi connectivity index (χ3v) is 3.07. The van der Waals surface area contributed by atoms with Crippen LogP contribution in [0.25, 0.3) is 0 Å². The van der Waals surface area contributed by atoms with Gasteiger partial charge >= 0.3 is 0 Å². The summed E-state index contributed by atoms with van der Waals surface area (Å²) < 4.78 is 13.7. The van der Waals surface area contributed by atoms with Crippen LogP contribution in [0.5, 0.6) is 0 Å². The van der Waals surface area contributed by atoms with Crippen LogP contribution in [-0.2, 0) is 6.42 Å². The van der Waals surface area contributed by atoms with Crippen LogP contribution in [0, 0.1) is 12.7 Å². The molecule has 88 valence electrons. The molecule has 0 aliphatic heterocycles. The number of carbonyl (C=O) groups excluding carboxylic acids is 2. The second-order valence-electron chi connectivity index (χ2n) is 4.34. The molecule has 1 aliphatic rings. The normalized spacial score (nSPS) is 14.4. The second-order valence-corrected chi connectivity index (χ2v) is 4.34. The van der Waals surface area contributed by atoms with Crippen LogP contribution in [0.1, 0.15) is 34.3 Å². The molecule has 1 aliphatic carbocycles. The van der Waals surface area contributed by atoms with Crippen LogP contribution in [0.15, 0.2) is 6.07 Å². The molecule has 0 saturated heterocycles. The third kappa shape index (κ3) is 2.09. The molecule has 0 aromatic heterocycles. The van der Waals surface area contributed by atoms with E-state index >= 15 is 0 Å². The lowest BCUT2D eigenvalue weighted by Gasteiger charge is -2.21. The number of rotatable bonds is 1. The van der Waals surface area contributed by atoms with Gasteiger partial charge in [-0.1, -0.05) is 0 Å². The number of anilines is 1. The van der Waals surface area contributed by atoms with Crippen molar-refractivity contribution < 1.29 is 14.0 Å². The molecule has 0 radical (unpaired) electrons. The molecule has 3 nitrogen and oxygen atoms in total. The molecule has 0 atom stereocenters. The van der Waals surface area contributed by atoms with Gasteiger partial charge in [0.15, 0.2) is 11.6 Å². The van der Waals surface area contributed by atoms with Gasteiger partial charge in [0.25, 0.3) is 0 Å². The van der Waals surface area contributed by atoms with Crippen molar-refractivity contribution in [2.45, 2.75) is 26.2 Å². The highest BCUT2D eigenvalue weighted by Crippen LogP contribution is 2.32. The smallest absolute Gasteiger partial charge is 0.216 e. The number of halogens is 1. The van der Waals surface area contributed by atoms with E-state index in [4.69, 9.17) is 0 Å². The largest absolute Gasteiger partial charge is 0.335 e. The first-order valence-corrected chi connectivity index (χ1v) is 5.63. The van der Waals surface area contributed by atoms with Gasteiger partial charge in [-0.25, -0.2) is 4.39 Å². The van der Waals surface area contributed by atoms with E-state index in [1.807, 2.05) is 0 Å². The van der Waals surface area contributed by atoms with Gasteiger partial charge in [0.2, 0.25) is 7.85 Å². The third-order valence-electron chi connectivity index (χ3n) is 3.07. The average molecular weight is 233 g/mol. The summed E-state index contributed by atoms with van der Waals surface area (Å²) in [5, 5.41) is 2.53. The molecule has 5 heteroatoms. The maximum atomic E-state index is 13.7. The van der Waals surface area contributed by atoms with Gasteiger partial charge in [-0.05, 0) is 37.0 Å². The quantitative estimate of drug-likeness (QED) is 0.752. The lowest BCUT2D eigenvalue weighted by atomic mass is 9.86. The molecule has 1 aromatic carbocycles. The van der Waals surface area contributed by atoms with E-state index in [9.17, 15) is 14.0 Å². The van der Waals surface area contributed by atoms with Gasteiger partial charge < -0.3 is 5.32 Å². The number of Topliss-reactive ketones (excluding diaryl/α,β-unsaturated/α-hetero) is 1. The Morgan fingerprint density at radius 1 is 1.47 bits per heavy atom. The Kier molecular flexibility index (Phi) is 3.00. The molecule has 17 heavy (non-hydrogen) atoms. The van der Waals surface area contributed by atoms with Crippen LogP contribution in [0.4, 0.5) is 14.9 Å². The molecule has 0 unspecified atom stereocenters. The fraction of sp³-hybridized carbons (Fsp3) is 0.333. The van der Waals surface area contributed by atoms with E-state index in [1.165, 1.54) is 13.9 Å². The molecule has 0 bridgehead atoms. The minimum Gasteiger partial charge on any atom is -0.335 e. The number of benzene rings is 1. The second kappa shape index (κ2) is 4.32. The van der Waals surface area contributed by atoms with Crippen molar-refractivity contribution in [2.75, 3.05) is 5.32 Å². The van der Waals surface area contributed by atoms with Crippen LogP contribution in [0.3, 0.4) is 0 Å². The lowest BCUT2D eigenvalue weighted by Crippen LogP contribution is -2.19. The van der Waals surface area contributed by atoms with E-state index < -0.39 is 0 Å². The van der Waals surface area contributed by atoms with Gasteiger partial charge in [-0.15, -0.1) is 0 Å². The fourth-order valence-corrected chi connectivity index (χ4v) is 2.27. The summed E-state index contributed by atoms with van der Waals surface area (Å²) in [4.78, 5) is 22.9. The Balaban J connectivity index is 2.63. The first kappa shape index (κ1) is 11.8. The molecule has 0 spiro atoms. The Bertz CT molecular complexity index is 514. The van der Waals surface area contributed by atoms with Crippen molar-refractivity contribution in [1.29, 1.82) is 0 Å². The van der Waals surface area contributed by atoms with Gasteiger partial charge in [-0.3, -0.25) is 9.59 Å². The van der Waals surface area contributed by atoms with Crippen molar-refractivity contribution >= 4 is 25.1 Å². The topological polar surface area (TPSA) is 46.2 Å². The number of amides is 1. The van der Waals surface area contributed by atoms with E-state index in [2.05, 4.69) is 5.32 Å². The molecule has 2 rings (SSSR count). The highest BCUT2D eigenvalue weighted by atomic mass is 19.1. The molecule has 0 fully saturated rings. The van der Waals surface area contributed by atoms with E-state index in [1.54, 1.807) is 6.92 Å². The van der Waals surface area contributed by atoms with Gasteiger partial charge in [-0.2, -0.15) is 0 Å². The molecular formula is C12H13BFNO2. The maximum Gasteiger partial charge on any atom is 0.216 e. The summed E-state index contributed by atoms with van der Waals surface area (Å²) in [6.45, 7) is 1.67. The van der Waals surface area contributed by atoms with E-state index in [0.717, 1.165) is 12.0 Å². The van der Waals surface area contributed by atoms with Crippen LogP contribution in [-0.4, -0.2) is 19.4 Å². The Hall–Kier alpha value is -1.65. The molecule has 1 amide bonds. The van der Waals surface area contributed by atoms with Crippen molar-refractivity contribution in [3.63, 3.8) is 0 Å². The molecular weight excluding hydrogens is 220 g/mol.